The molecule has 96 valence electrons. The van der Waals surface area contributed by atoms with Gasteiger partial charge in [-0.15, -0.1) is 0 Å². The van der Waals surface area contributed by atoms with E-state index in [1.165, 1.54) is 0 Å². The van der Waals surface area contributed by atoms with E-state index < -0.39 is 5.41 Å². The van der Waals surface area contributed by atoms with Gasteiger partial charge in [0.1, 0.15) is 5.41 Å². The van der Waals surface area contributed by atoms with Crippen molar-refractivity contribution in [2.75, 3.05) is 6.54 Å². The van der Waals surface area contributed by atoms with E-state index in [0.29, 0.717) is 31.2 Å². The molecule has 0 bridgehead atoms. The Kier molecular flexibility index (Phi) is 3.86. The first-order valence-electron chi connectivity index (χ1n) is 6.43. The van der Waals surface area contributed by atoms with Crippen LogP contribution in [-0.2, 0) is 4.79 Å². The van der Waals surface area contributed by atoms with Gasteiger partial charge in [0, 0.05) is 6.54 Å². The van der Waals surface area contributed by atoms with E-state index in [1.54, 1.807) is 0 Å². The van der Waals surface area contributed by atoms with Gasteiger partial charge >= 0.3 is 0 Å². The molecular weight excluding hydrogens is 212 g/mol. The Hall–Kier alpha value is -1.04. The number of rotatable bonds is 4. The van der Waals surface area contributed by atoms with Gasteiger partial charge in [0.2, 0.25) is 5.91 Å². The van der Waals surface area contributed by atoms with Gasteiger partial charge < -0.3 is 5.32 Å². The maximum Gasteiger partial charge on any atom is 0.240 e. The van der Waals surface area contributed by atoms with E-state index in [-0.39, 0.29) is 11.3 Å². The Morgan fingerprint density at radius 1 is 1.53 bits per heavy atom. The van der Waals surface area contributed by atoms with Crippen LogP contribution in [0.2, 0.25) is 0 Å². The zero-order chi connectivity index (χ0) is 13.3. The largest absolute Gasteiger partial charge is 0.354 e. The lowest BCUT2D eigenvalue weighted by Gasteiger charge is -2.40. The fourth-order valence-electron chi connectivity index (χ4n) is 2.14. The van der Waals surface area contributed by atoms with Crippen LogP contribution in [0, 0.1) is 34.0 Å². The highest BCUT2D eigenvalue weighted by molar-refractivity contribution is 5.86. The summed E-state index contributed by atoms with van der Waals surface area (Å²) in [5.74, 6) is 0.923. The van der Waals surface area contributed by atoms with E-state index >= 15 is 0 Å². The third-order valence-electron chi connectivity index (χ3n) is 4.31. The van der Waals surface area contributed by atoms with Crippen LogP contribution >= 0.6 is 0 Å². The first-order chi connectivity index (χ1) is 7.73. The minimum Gasteiger partial charge on any atom is -0.354 e. The van der Waals surface area contributed by atoms with Crippen LogP contribution < -0.4 is 5.32 Å². The molecule has 0 aromatic rings. The molecule has 1 aliphatic rings. The lowest BCUT2D eigenvalue weighted by molar-refractivity contribution is -0.134. The van der Waals surface area contributed by atoms with Gasteiger partial charge in [-0.3, -0.25) is 4.79 Å². The smallest absolute Gasteiger partial charge is 0.240 e. The molecule has 0 aromatic carbocycles. The summed E-state index contributed by atoms with van der Waals surface area (Å²) in [6.45, 7) is 11.3. The molecule has 1 aliphatic carbocycles. The molecule has 0 unspecified atom stereocenters. The minimum absolute atomic E-state index is 0.0711. The maximum atomic E-state index is 12.1. The normalized spacial score (nSPS) is 28.4. The molecule has 1 fully saturated rings. The Morgan fingerprint density at radius 2 is 2.06 bits per heavy atom. The zero-order valence-corrected chi connectivity index (χ0v) is 11.6. The van der Waals surface area contributed by atoms with Crippen molar-refractivity contribution in [3.05, 3.63) is 0 Å². The van der Waals surface area contributed by atoms with Crippen molar-refractivity contribution in [2.45, 2.75) is 47.5 Å². The number of nitrogens with zero attached hydrogens (tertiary/aromatic N) is 1. The molecule has 1 N–H and O–H groups in total. The summed E-state index contributed by atoms with van der Waals surface area (Å²) in [5, 5.41) is 12.1. The molecule has 3 nitrogen and oxygen atoms in total. The average Bonchev–Trinajstić information content (AvgIpc) is 2.21. The number of nitrogens with one attached hydrogen (secondary N) is 1. The van der Waals surface area contributed by atoms with Gasteiger partial charge in [-0.25, -0.2) is 0 Å². The Balaban J connectivity index is 2.54. The predicted molar refractivity (Wildman–Crippen MR) is 68.1 cm³/mol. The molecule has 1 amide bonds. The second kappa shape index (κ2) is 4.68. The van der Waals surface area contributed by atoms with Gasteiger partial charge in [0.15, 0.2) is 0 Å². The molecule has 1 rings (SSSR count). The highest BCUT2D eigenvalue weighted by Crippen LogP contribution is 2.45. The Labute approximate surface area is 105 Å². The molecule has 0 aromatic heterocycles. The lowest BCUT2D eigenvalue weighted by atomic mass is 9.63. The van der Waals surface area contributed by atoms with Gasteiger partial charge in [-0.2, -0.15) is 5.26 Å². The first kappa shape index (κ1) is 14.0. The lowest BCUT2D eigenvalue weighted by Crippen LogP contribution is -2.50. The van der Waals surface area contributed by atoms with Crippen molar-refractivity contribution in [1.29, 1.82) is 5.26 Å². The fourth-order valence-corrected chi connectivity index (χ4v) is 2.14. The van der Waals surface area contributed by atoms with Gasteiger partial charge in [0.05, 0.1) is 6.07 Å². The number of nitriles is 1. The molecular formula is C14H24N2O. The first-order valence-corrected chi connectivity index (χ1v) is 6.43. The van der Waals surface area contributed by atoms with Crippen LogP contribution in [0.5, 0.6) is 0 Å². The summed E-state index contributed by atoms with van der Waals surface area (Å²) in [6.07, 6.45) is 1.41. The standard InChI is InChI=1S/C14H24N2O/c1-10(2)13(4,5)9-16-12(17)14(8-15)6-11(3)7-14/h10-11H,6-7,9H2,1-5H3,(H,16,17). The molecule has 0 atom stereocenters. The number of carbonyl (C=O) groups excluding carboxylic acids is 1. The average molecular weight is 236 g/mol. The minimum atomic E-state index is -0.744. The fraction of sp³-hybridized carbons (Fsp3) is 0.857. The topological polar surface area (TPSA) is 52.9 Å². The van der Waals surface area contributed by atoms with Gasteiger partial charge in [0.25, 0.3) is 0 Å². The Morgan fingerprint density at radius 3 is 2.41 bits per heavy atom. The van der Waals surface area contributed by atoms with E-state index in [9.17, 15) is 4.79 Å². The van der Waals surface area contributed by atoms with Crippen LogP contribution in [-0.4, -0.2) is 12.5 Å². The van der Waals surface area contributed by atoms with E-state index in [2.05, 4.69) is 46.0 Å². The second-order valence-corrected chi connectivity index (χ2v) is 6.53. The van der Waals surface area contributed by atoms with E-state index in [1.807, 2.05) is 0 Å². The van der Waals surface area contributed by atoms with Crippen molar-refractivity contribution in [3.63, 3.8) is 0 Å². The molecule has 0 saturated heterocycles. The maximum absolute atomic E-state index is 12.1. The number of hydrogen-bond acceptors (Lipinski definition) is 2. The van der Waals surface area contributed by atoms with Gasteiger partial charge in [-0.1, -0.05) is 34.6 Å². The van der Waals surface area contributed by atoms with Crippen molar-refractivity contribution in [2.24, 2.45) is 22.7 Å². The Bertz CT molecular complexity index is 333. The van der Waals surface area contributed by atoms with Crippen molar-refractivity contribution < 1.29 is 4.79 Å². The molecule has 0 spiro atoms. The molecule has 3 heteroatoms. The second-order valence-electron chi connectivity index (χ2n) is 6.53. The third kappa shape index (κ3) is 2.80. The third-order valence-corrected chi connectivity index (χ3v) is 4.31. The molecule has 0 heterocycles. The number of hydrogen-bond donors (Lipinski definition) is 1. The van der Waals surface area contributed by atoms with E-state index in [4.69, 9.17) is 5.26 Å². The van der Waals surface area contributed by atoms with Gasteiger partial charge in [-0.05, 0) is 30.1 Å². The van der Waals surface area contributed by atoms with Crippen LogP contribution in [0.25, 0.3) is 0 Å². The van der Waals surface area contributed by atoms with E-state index in [0.717, 1.165) is 0 Å². The molecule has 1 saturated carbocycles. The van der Waals surface area contributed by atoms with Crippen LogP contribution in [0.3, 0.4) is 0 Å². The summed E-state index contributed by atoms with van der Waals surface area (Å²) in [5.41, 5.74) is -0.672. The predicted octanol–water partition coefficient (Wildman–Crippen LogP) is 2.72. The van der Waals surface area contributed by atoms with Crippen LogP contribution in [0.15, 0.2) is 0 Å². The molecule has 0 radical (unpaired) electrons. The summed E-state index contributed by atoms with van der Waals surface area (Å²) in [7, 11) is 0. The van der Waals surface area contributed by atoms with Crippen molar-refractivity contribution in [1.82, 2.24) is 5.32 Å². The summed E-state index contributed by atoms with van der Waals surface area (Å²) >= 11 is 0. The molecule has 17 heavy (non-hydrogen) atoms. The highest BCUT2D eigenvalue weighted by Gasteiger charge is 2.49. The SMILES string of the molecule is CC1CC(C#N)(C(=O)NCC(C)(C)C(C)C)C1. The quantitative estimate of drug-likeness (QED) is 0.816. The van der Waals surface area contributed by atoms with Crippen molar-refractivity contribution >= 4 is 5.91 Å². The highest BCUT2D eigenvalue weighted by atomic mass is 16.2. The molecule has 0 aliphatic heterocycles. The summed E-state index contributed by atoms with van der Waals surface area (Å²) < 4.78 is 0. The number of amides is 1. The summed E-state index contributed by atoms with van der Waals surface area (Å²) in [6, 6.07) is 2.20. The summed E-state index contributed by atoms with van der Waals surface area (Å²) in [4.78, 5) is 12.1. The zero-order valence-electron chi connectivity index (χ0n) is 11.6. The van der Waals surface area contributed by atoms with Crippen molar-refractivity contribution in [3.8, 4) is 6.07 Å². The van der Waals surface area contributed by atoms with Crippen LogP contribution in [0.4, 0.5) is 0 Å². The number of carbonyl (C=O) groups is 1. The monoisotopic (exact) mass is 236 g/mol. The van der Waals surface area contributed by atoms with Crippen LogP contribution in [0.1, 0.15) is 47.5 Å².